The second-order valence-electron chi connectivity index (χ2n) is 6.31. The maximum Gasteiger partial charge on any atom is 0.138 e. The number of benzene rings is 2. The van der Waals surface area contributed by atoms with Gasteiger partial charge in [0.1, 0.15) is 34.5 Å². The Kier molecular flexibility index (Phi) is 4.66. The summed E-state index contributed by atoms with van der Waals surface area (Å²) in [5.41, 5.74) is 2.02. The van der Waals surface area contributed by atoms with E-state index in [-0.39, 0.29) is 5.92 Å². The van der Waals surface area contributed by atoms with Crippen molar-refractivity contribution in [3.05, 3.63) is 35.4 Å². The van der Waals surface area contributed by atoms with E-state index < -0.39 is 0 Å². The second-order valence-corrected chi connectivity index (χ2v) is 6.31. The first-order valence-electron chi connectivity index (χ1n) is 8.23. The van der Waals surface area contributed by atoms with E-state index in [9.17, 15) is 0 Å². The van der Waals surface area contributed by atoms with Crippen LogP contribution in [-0.4, -0.2) is 28.4 Å². The number of hydrogen-bond acceptors (Lipinski definition) is 5. The minimum atomic E-state index is 0.0699. The molecular formula is C20H24O5. The Bertz CT molecular complexity index is 721. The van der Waals surface area contributed by atoms with Crippen LogP contribution in [0.4, 0.5) is 0 Å². The van der Waals surface area contributed by atoms with Crippen LogP contribution in [-0.2, 0) is 0 Å². The topological polar surface area (TPSA) is 46.2 Å². The Morgan fingerprint density at radius 1 is 0.720 bits per heavy atom. The molecule has 2 aromatic carbocycles. The summed E-state index contributed by atoms with van der Waals surface area (Å²) >= 11 is 0. The molecule has 134 valence electrons. The van der Waals surface area contributed by atoms with Gasteiger partial charge in [-0.05, 0) is 5.92 Å². The zero-order valence-electron chi connectivity index (χ0n) is 15.5. The molecule has 0 aliphatic carbocycles. The van der Waals surface area contributed by atoms with E-state index >= 15 is 0 Å². The fourth-order valence-corrected chi connectivity index (χ4v) is 3.44. The third-order valence-electron chi connectivity index (χ3n) is 4.58. The lowest BCUT2D eigenvalue weighted by Crippen LogP contribution is -2.17. The molecule has 25 heavy (non-hydrogen) atoms. The van der Waals surface area contributed by atoms with Crippen LogP contribution < -0.4 is 23.7 Å². The van der Waals surface area contributed by atoms with Gasteiger partial charge in [0.25, 0.3) is 0 Å². The summed E-state index contributed by atoms with van der Waals surface area (Å²) in [5, 5.41) is 0. The molecule has 0 N–H and O–H groups in total. The summed E-state index contributed by atoms with van der Waals surface area (Å²) in [7, 11) is 6.58. The molecule has 0 fully saturated rings. The molecule has 3 rings (SSSR count). The number of fused-ring (bicyclic) bond motifs is 2. The van der Waals surface area contributed by atoms with Crippen molar-refractivity contribution in [3.8, 4) is 34.5 Å². The van der Waals surface area contributed by atoms with Crippen LogP contribution in [0.25, 0.3) is 0 Å². The Morgan fingerprint density at radius 3 is 1.48 bits per heavy atom. The Morgan fingerprint density at radius 2 is 1.16 bits per heavy atom. The summed E-state index contributed by atoms with van der Waals surface area (Å²) in [6.45, 7) is 4.35. The molecule has 0 unspecified atom stereocenters. The van der Waals surface area contributed by atoms with Crippen LogP contribution in [0, 0.1) is 5.92 Å². The van der Waals surface area contributed by atoms with Gasteiger partial charge in [-0.2, -0.15) is 0 Å². The first-order chi connectivity index (χ1) is 12.0. The molecule has 0 atom stereocenters. The summed E-state index contributed by atoms with van der Waals surface area (Å²) in [6, 6.07) is 7.56. The van der Waals surface area contributed by atoms with Crippen molar-refractivity contribution in [2.75, 3.05) is 28.4 Å². The van der Waals surface area contributed by atoms with E-state index in [2.05, 4.69) is 13.8 Å². The summed E-state index contributed by atoms with van der Waals surface area (Å²) < 4.78 is 28.3. The van der Waals surface area contributed by atoms with Gasteiger partial charge in [-0.1, -0.05) is 13.8 Å². The lowest BCUT2D eigenvalue weighted by atomic mass is 9.79. The van der Waals surface area contributed by atoms with Gasteiger partial charge in [0, 0.05) is 41.3 Å². The van der Waals surface area contributed by atoms with Crippen LogP contribution in [0.15, 0.2) is 24.3 Å². The van der Waals surface area contributed by atoms with E-state index in [1.165, 1.54) is 0 Å². The molecule has 0 radical (unpaired) electrons. The zero-order chi connectivity index (χ0) is 18.1. The number of ether oxygens (including phenoxy) is 5. The van der Waals surface area contributed by atoms with Crippen molar-refractivity contribution >= 4 is 0 Å². The van der Waals surface area contributed by atoms with Crippen LogP contribution in [0.2, 0.25) is 0 Å². The fraction of sp³-hybridized carbons (Fsp3) is 0.400. The van der Waals surface area contributed by atoms with Crippen molar-refractivity contribution in [1.29, 1.82) is 0 Å². The average Bonchev–Trinajstić information content (AvgIpc) is 2.63. The predicted molar refractivity (Wildman–Crippen MR) is 95.8 cm³/mol. The predicted octanol–water partition coefficient (Wildman–Crippen LogP) is 4.61. The van der Waals surface area contributed by atoms with Gasteiger partial charge >= 0.3 is 0 Å². The van der Waals surface area contributed by atoms with E-state index in [0.29, 0.717) is 17.4 Å². The number of methoxy groups -OCH3 is 4. The van der Waals surface area contributed by atoms with Crippen molar-refractivity contribution in [2.24, 2.45) is 5.92 Å². The normalized spacial score (nSPS) is 12.9. The molecule has 0 aromatic heterocycles. The van der Waals surface area contributed by atoms with E-state index in [1.54, 1.807) is 28.4 Å². The van der Waals surface area contributed by atoms with E-state index in [1.807, 2.05) is 24.3 Å². The molecule has 2 aromatic rings. The van der Waals surface area contributed by atoms with Gasteiger partial charge in [0.05, 0.1) is 28.4 Å². The van der Waals surface area contributed by atoms with Gasteiger partial charge in [0.15, 0.2) is 0 Å². The fourth-order valence-electron chi connectivity index (χ4n) is 3.44. The molecular weight excluding hydrogens is 320 g/mol. The first kappa shape index (κ1) is 17.3. The minimum Gasteiger partial charge on any atom is -0.496 e. The second kappa shape index (κ2) is 6.75. The lowest BCUT2D eigenvalue weighted by molar-refractivity contribution is 0.344. The largest absolute Gasteiger partial charge is 0.496 e. The minimum absolute atomic E-state index is 0.0699. The molecule has 0 saturated carbocycles. The highest BCUT2D eigenvalue weighted by Crippen LogP contribution is 2.55. The number of hydrogen-bond donors (Lipinski definition) is 0. The quantitative estimate of drug-likeness (QED) is 0.792. The van der Waals surface area contributed by atoms with E-state index in [0.717, 1.165) is 34.1 Å². The highest BCUT2D eigenvalue weighted by Gasteiger charge is 2.36. The molecule has 0 spiro atoms. The smallest absolute Gasteiger partial charge is 0.138 e. The Balaban J connectivity index is 2.29. The first-order valence-corrected chi connectivity index (χ1v) is 8.23. The highest BCUT2D eigenvalue weighted by atomic mass is 16.5. The highest BCUT2D eigenvalue weighted by molar-refractivity contribution is 5.65. The van der Waals surface area contributed by atoms with Gasteiger partial charge in [-0.25, -0.2) is 0 Å². The Hall–Kier alpha value is -2.56. The molecule has 0 bridgehead atoms. The van der Waals surface area contributed by atoms with Crippen LogP contribution in [0.5, 0.6) is 34.5 Å². The summed E-state index contributed by atoms with van der Waals surface area (Å²) in [6.07, 6.45) is 0. The average molecular weight is 344 g/mol. The number of rotatable bonds is 5. The molecule has 0 amide bonds. The van der Waals surface area contributed by atoms with Crippen molar-refractivity contribution in [2.45, 2.75) is 19.8 Å². The van der Waals surface area contributed by atoms with Crippen LogP contribution >= 0.6 is 0 Å². The molecule has 1 aliphatic rings. The maximum atomic E-state index is 6.21. The zero-order valence-corrected chi connectivity index (χ0v) is 15.5. The van der Waals surface area contributed by atoms with Gasteiger partial charge < -0.3 is 23.7 Å². The monoisotopic (exact) mass is 344 g/mol. The van der Waals surface area contributed by atoms with Gasteiger partial charge in [0.2, 0.25) is 0 Å². The van der Waals surface area contributed by atoms with Crippen molar-refractivity contribution in [1.82, 2.24) is 0 Å². The molecule has 1 heterocycles. The standard InChI is InChI=1S/C20H24O5/c1-11(2)18-19-14(23-5)7-12(21-3)9-16(19)25-17-10-13(22-4)8-15(24-6)20(17)18/h7-11,18H,1-6H3. The Labute approximate surface area is 148 Å². The van der Waals surface area contributed by atoms with Crippen molar-refractivity contribution < 1.29 is 23.7 Å². The molecule has 0 saturated heterocycles. The van der Waals surface area contributed by atoms with Crippen LogP contribution in [0.3, 0.4) is 0 Å². The lowest BCUT2D eigenvalue weighted by Gasteiger charge is -2.33. The van der Waals surface area contributed by atoms with Gasteiger partial charge in [-0.15, -0.1) is 0 Å². The van der Waals surface area contributed by atoms with Crippen LogP contribution in [0.1, 0.15) is 30.9 Å². The summed E-state index contributed by atoms with van der Waals surface area (Å²) in [5.74, 6) is 4.72. The van der Waals surface area contributed by atoms with Crippen molar-refractivity contribution in [3.63, 3.8) is 0 Å². The SMILES string of the molecule is COc1cc(OC)c2c(c1)Oc1cc(OC)cc(OC)c1C2C(C)C. The molecule has 5 nitrogen and oxygen atoms in total. The third-order valence-corrected chi connectivity index (χ3v) is 4.58. The molecule has 1 aliphatic heterocycles. The van der Waals surface area contributed by atoms with Gasteiger partial charge in [-0.3, -0.25) is 0 Å². The maximum absolute atomic E-state index is 6.21. The summed E-state index contributed by atoms with van der Waals surface area (Å²) in [4.78, 5) is 0. The molecule has 5 heteroatoms. The third kappa shape index (κ3) is 2.84. The van der Waals surface area contributed by atoms with E-state index in [4.69, 9.17) is 23.7 Å².